The van der Waals surface area contributed by atoms with E-state index in [1.165, 1.54) is 13.2 Å². The van der Waals surface area contributed by atoms with Crippen molar-refractivity contribution < 1.29 is 18.7 Å². The molecule has 0 atom stereocenters. The largest absolute Gasteiger partial charge is 0.466 e. The minimum Gasteiger partial charge on any atom is -0.466 e. The van der Waals surface area contributed by atoms with Gasteiger partial charge in [0.25, 0.3) is 0 Å². The summed E-state index contributed by atoms with van der Waals surface area (Å²) in [6, 6.07) is 3.44. The molecule has 4 heteroatoms. The van der Waals surface area contributed by atoms with E-state index in [4.69, 9.17) is 9.15 Å². The molecule has 1 aromatic heterocycles. The predicted molar refractivity (Wildman–Crippen MR) is 48.4 cm³/mol. The van der Waals surface area contributed by atoms with E-state index in [-0.39, 0.29) is 31.2 Å². The number of furan rings is 1. The van der Waals surface area contributed by atoms with Gasteiger partial charge in [-0.1, -0.05) is 0 Å². The summed E-state index contributed by atoms with van der Waals surface area (Å²) in [5.74, 6) is 0.206. The lowest BCUT2D eigenvalue weighted by atomic mass is 10.2. The Morgan fingerprint density at radius 1 is 1.43 bits per heavy atom. The Balaban J connectivity index is 2.18. The Hall–Kier alpha value is -1.58. The Morgan fingerprint density at radius 3 is 2.79 bits per heavy atom. The zero-order chi connectivity index (χ0) is 10.4. The molecule has 0 spiro atoms. The second-order valence-electron chi connectivity index (χ2n) is 2.94. The molecule has 0 saturated carbocycles. The van der Waals surface area contributed by atoms with Crippen LogP contribution in [0.3, 0.4) is 0 Å². The van der Waals surface area contributed by atoms with Gasteiger partial charge in [0.1, 0.15) is 18.2 Å². The molecule has 0 aliphatic heterocycles. The lowest BCUT2D eigenvalue weighted by molar-refractivity contribution is -0.146. The fraction of sp³-hybridized carbons (Fsp3) is 0.400. The summed E-state index contributed by atoms with van der Waals surface area (Å²) in [6.07, 6.45) is 1.88. The number of hydrogen-bond donors (Lipinski definition) is 0. The summed E-state index contributed by atoms with van der Waals surface area (Å²) in [5, 5.41) is 0. The van der Waals surface area contributed by atoms with Crippen molar-refractivity contribution >= 4 is 11.8 Å². The van der Waals surface area contributed by atoms with Gasteiger partial charge in [-0.25, -0.2) is 0 Å². The molecule has 0 amide bonds. The minimum absolute atomic E-state index is 0.0139. The van der Waals surface area contributed by atoms with E-state index >= 15 is 0 Å². The number of ketones is 1. The first-order valence-electron chi connectivity index (χ1n) is 4.36. The molecule has 0 radical (unpaired) electrons. The molecule has 0 unspecified atom stereocenters. The standard InChI is InChI=1S/C10H12O4/c1-8(11)4-5-10(12)14-7-9-3-2-6-13-9/h2-3,6H,4-5,7H2,1H3. The van der Waals surface area contributed by atoms with Crippen molar-refractivity contribution in [2.75, 3.05) is 0 Å². The first-order valence-corrected chi connectivity index (χ1v) is 4.36. The number of ether oxygens (including phenoxy) is 1. The second kappa shape index (κ2) is 5.21. The molecular formula is C10H12O4. The predicted octanol–water partition coefficient (Wildman–Crippen LogP) is 1.69. The summed E-state index contributed by atoms with van der Waals surface area (Å²) in [7, 11) is 0. The maximum Gasteiger partial charge on any atom is 0.306 e. The van der Waals surface area contributed by atoms with Crippen LogP contribution in [0.1, 0.15) is 25.5 Å². The molecule has 14 heavy (non-hydrogen) atoms. The van der Waals surface area contributed by atoms with Gasteiger partial charge in [0.05, 0.1) is 12.7 Å². The van der Waals surface area contributed by atoms with Crippen LogP contribution in [0.2, 0.25) is 0 Å². The van der Waals surface area contributed by atoms with Crippen molar-refractivity contribution in [2.24, 2.45) is 0 Å². The van der Waals surface area contributed by atoms with Crippen LogP contribution in [0.5, 0.6) is 0 Å². The van der Waals surface area contributed by atoms with Crippen molar-refractivity contribution in [3.8, 4) is 0 Å². The van der Waals surface area contributed by atoms with E-state index in [2.05, 4.69) is 0 Å². The van der Waals surface area contributed by atoms with Crippen LogP contribution in [0.25, 0.3) is 0 Å². The van der Waals surface area contributed by atoms with E-state index in [0.717, 1.165) is 0 Å². The maximum absolute atomic E-state index is 11.0. The molecule has 1 aromatic rings. The lowest BCUT2D eigenvalue weighted by Gasteiger charge is -2.00. The third-order valence-electron chi connectivity index (χ3n) is 1.64. The van der Waals surface area contributed by atoms with Gasteiger partial charge >= 0.3 is 5.97 Å². The van der Waals surface area contributed by atoms with E-state index in [1.54, 1.807) is 12.1 Å². The number of Topliss-reactive ketones (excluding diaryl/α,β-unsaturated/α-hetero) is 1. The third kappa shape index (κ3) is 3.89. The fourth-order valence-corrected chi connectivity index (χ4v) is 0.897. The highest BCUT2D eigenvalue weighted by Gasteiger charge is 2.05. The Kier molecular flexibility index (Phi) is 3.91. The zero-order valence-electron chi connectivity index (χ0n) is 7.99. The average Bonchev–Trinajstić information content (AvgIpc) is 2.63. The highest BCUT2D eigenvalue weighted by atomic mass is 16.5. The highest BCUT2D eigenvalue weighted by molar-refractivity contribution is 5.80. The number of carbonyl (C=O) groups is 2. The smallest absolute Gasteiger partial charge is 0.306 e. The van der Waals surface area contributed by atoms with Gasteiger partial charge in [0.15, 0.2) is 0 Å². The van der Waals surface area contributed by atoms with Crippen molar-refractivity contribution in [2.45, 2.75) is 26.4 Å². The fourth-order valence-electron chi connectivity index (χ4n) is 0.897. The van der Waals surface area contributed by atoms with Crippen LogP contribution in [0.15, 0.2) is 22.8 Å². The molecule has 1 rings (SSSR count). The Morgan fingerprint density at radius 2 is 2.21 bits per heavy atom. The van der Waals surface area contributed by atoms with Crippen LogP contribution in [0.4, 0.5) is 0 Å². The van der Waals surface area contributed by atoms with Crippen molar-refractivity contribution in [1.29, 1.82) is 0 Å². The molecule has 0 aromatic carbocycles. The number of hydrogen-bond acceptors (Lipinski definition) is 4. The zero-order valence-corrected chi connectivity index (χ0v) is 7.99. The van der Waals surface area contributed by atoms with E-state index < -0.39 is 0 Å². The van der Waals surface area contributed by atoms with Crippen molar-refractivity contribution in [3.05, 3.63) is 24.2 Å². The number of esters is 1. The average molecular weight is 196 g/mol. The highest BCUT2D eigenvalue weighted by Crippen LogP contribution is 2.03. The number of rotatable bonds is 5. The molecule has 1 heterocycles. The van der Waals surface area contributed by atoms with Gasteiger partial charge < -0.3 is 13.9 Å². The summed E-state index contributed by atoms with van der Waals surface area (Å²) >= 11 is 0. The second-order valence-corrected chi connectivity index (χ2v) is 2.94. The SMILES string of the molecule is CC(=O)CCC(=O)OCc1ccco1. The van der Waals surface area contributed by atoms with Gasteiger partial charge in [-0.3, -0.25) is 4.79 Å². The van der Waals surface area contributed by atoms with Gasteiger partial charge in [-0.2, -0.15) is 0 Å². The van der Waals surface area contributed by atoms with Crippen LogP contribution in [-0.2, 0) is 20.9 Å². The first-order chi connectivity index (χ1) is 6.68. The normalized spacial score (nSPS) is 9.79. The Labute approximate surface area is 81.9 Å². The molecule has 76 valence electrons. The molecule has 0 aliphatic rings. The Bertz CT molecular complexity index is 300. The van der Waals surface area contributed by atoms with Gasteiger partial charge in [0, 0.05) is 6.42 Å². The first kappa shape index (κ1) is 10.5. The van der Waals surface area contributed by atoms with Gasteiger partial charge in [-0.15, -0.1) is 0 Å². The monoisotopic (exact) mass is 196 g/mol. The molecular weight excluding hydrogens is 184 g/mol. The third-order valence-corrected chi connectivity index (χ3v) is 1.64. The summed E-state index contributed by atoms with van der Waals surface area (Å²) in [6.45, 7) is 1.57. The van der Waals surface area contributed by atoms with Crippen LogP contribution in [-0.4, -0.2) is 11.8 Å². The quantitative estimate of drug-likeness (QED) is 0.672. The van der Waals surface area contributed by atoms with Crippen LogP contribution in [0, 0.1) is 0 Å². The number of carbonyl (C=O) groups excluding carboxylic acids is 2. The van der Waals surface area contributed by atoms with E-state index in [0.29, 0.717) is 5.76 Å². The van der Waals surface area contributed by atoms with E-state index in [9.17, 15) is 9.59 Å². The van der Waals surface area contributed by atoms with Crippen LogP contribution >= 0.6 is 0 Å². The van der Waals surface area contributed by atoms with Gasteiger partial charge in [-0.05, 0) is 19.1 Å². The summed E-state index contributed by atoms with van der Waals surface area (Å²) in [5.41, 5.74) is 0. The summed E-state index contributed by atoms with van der Waals surface area (Å²) < 4.78 is 9.82. The maximum atomic E-state index is 11.0. The molecule has 0 N–H and O–H groups in total. The minimum atomic E-state index is -0.378. The molecule has 4 nitrogen and oxygen atoms in total. The van der Waals surface area contributed by atoms with Gasteiger partial charge in [0.2, 0.25) is 0 Å². The molecule has 0 bridgehead atoms. The van der Waals surface area contributed by atoms with E-state index in [1.807, 2.05) is 0 Å². The van der Waals surface area contributed by atoms with Crippen LogP contribution < -0.4 is 0 Å². The molecule has 0 fully saturated rings. The summed E-state index contributed by atoms with van der Waals surface area (Å²) in [4.78, 5) is 21.6. The molecule has 0 aliphatic carbocycles. The lowest BCUT2D eigenvalue weighted by Crippen LogP contribution is -2.05. The van der Waals surface area contributed by atoms with Crippen molar-refractivity contribution in [1.82, 2.24) is 0 Å². The van der Waals surface area contributed by atoms with Crippen molar-refractivity contribution in [3.63, 3.8) is 0 Å². The molecule has 0 saturated heterocycles. The topological polar surface area (TPSA) is 56.5 Å².